The SMILES string of the molecule is CC(C)(CN)SCC(O)CO. The Hall–Kier alpha value is 0.230. The van der Waals surface area contributed by atoms with Crippen LogP contribution in [0.2, 0.25) is 0 Å². The summed E-state index contributed by atoms with van der Waals surface area (Å²) in [7, 11) is 0. The second-order valence-electron chi connectivity index (χ2n) is 3.11. The fraction of sp³-hybridized carbons (Fsp3) is 1.00. The lowest BCUT2D eigenvalue weighted by molar-refractivity contribution is 0.113. The van der Waals surface area contributed by atoms with E-state index in [1.54, 1.807) is 11.8 Å². The maximum absolute atomic E-state index is 9.01. The summed E-state index contributed by atoms with van der Waals surface area (Å²) in [5, 5.41) is 17.5. The molecule has 1 unspecified atom stereocenters. The molecule has 0 aliphatic rings. The summed E-state index contributed by atoms with van der Waals surface area (Å²) in [5.74, 6) is 0.542. The predicted octanol–water partition coefficient (Wildman–Crippen LogP) is -0.190. The molecular weight excluding hydrogens is 162 g/mol. The number of aliphatic hydroxyl groups excluding tert-OH is 2. The lowest BCUT2D eigenvalue weighted by Crippen LogP contribution is -2.29. The Morgan fingerprint density at radius 2 is 2.09 bits per heavy atom. The molecule has 0 aromatic rings. The molecule has 0 spiro atoms. The molecule has 0 rings (SSSR count). The van der Waals surface area contributed by atoms with Gasteiger partial charge in [-0.25, -0.2) is 0 Å². The van der Waals surface area contributed by atoms with Gasteiger partial charge in [-0.1, -0.05) is 0 Å². The van der Waals surface area contributed by atoms with Crippen LogP contribution in [0, 0.1) is 0 Å². The van der Waals surface area contributed by atoms with Crippen molar-refractivity contribution in [2.45, 2.75) is 24.7 Å². The third kappa shape index (κ3) is 5.49. The topological polar surface area (TPSA) is 66.5 Å². The summed E-state index contributed by atoms with van der Waals surface area (Å²) in [6.45, 7) is 4.44. The van der Waals surface area contributed by atoms with E-state index in [-0.39, 0.29) is 11.4 Å². The molecule has 3 nitrogen and oxygen atoms in total. The highest BCUT2D eigenvalue weighted by molar-refractivity contribution is 8.00. The van der Waals surface area contributed by atoms with Crippen LogP contribution in [0.5, 0.6) is 0 Å². The van der Waals surface area contributed by atoms with Crippen molar-refractivity contribution in [2.24, 2.45) is 5.73 Å². The van der Waals surface area contributed by atoms with Crippen LogP contribution >= 0.6 is 11.8 Å². The average Bonchev–Trinajstić information content (AvgIpc) is 2.00. The van der Waals surface area contributed by atoms with Gasteiger partial charge >= 0.3 is 0 Å². The first-order valence-corrected chi connectivity index (χ1v) is 4.63. The van der Waals surface area contributed by atoms with Crippen LogP contribution in [0.1, 0.15) is 13.8 Å². The Bertz CT molecular complexity index is 109. The predicted molar refractivity (Wildman–Crippen MR) is 48.7 cm³/mol. The van der Waals surface area contributed by atoms with Crippen molar-refractivity contribution in [3.63, 3.8) is 0 Å². The second kappa shape index (κ2) is 4.98. The highest BCUT2D eigenvalue weighted by atomic mass is 32.2. The normalized spacial score (nSPS) is 15.0. The van der Waals surface area contributed by atoms with E-state index in [0.717, 1.165) is 0 Å². The van der Waals surface area contributed by atoms with Gasteiger partial charge in [-0.15, -0.1) is 0 Å². The molecule has 4 N–H and O–H groups in total. The van der Waals surface area contributed by atoms with Gasteiger partial charge in [0.25, 0.3) is 0 Å². The average molecular weight is 179 g/mol. The van der Waals surface area contributed by atoms with Crippen molar-refractivity contribution in [2.75, 3.05) is 18.9 Å². The Kier molecular flexibility index (Phi) is 5.08. The van der Waals surface area contributed by atoms with E-state index in [4.69, 9.17) is 15.9 Å². The molecule has 11 heavy (non-hydrogen) atoms. The molecule has 0 saturated carbocycles. The van der Waals surface area contributed by atoms with E-state index in [1.807, 2.05) is 13.8 Å². The first kappa shape index (κ1) is 11.2. The van der Waals surface area contributed by atoms with Crippen molar-refractivity contribution in [1.29, 1.82) is 0 Å². The van der Waals surface area contributed by atoms with Gasteiger partial charge in [0.1, 0.15) is 0 Å². The minimum Gasteiger partial charge on any atom is -0.394 e. The lowest BCUT2D eigenvalue weighted by Gasteiger charge is -2.22. The highest BCUT2D eigenvalue weighted by Crippen LogP contribution is 2.23. The lowest BCUT2D eigenvalue weighted by atomic mass is 10.2. The third-order valence-corrected chi connectivity index (χ3v) is 2.87. The molecule has 0 saturated heterocycles. The van der Waals surface area contributed by atoms with Crippen molar-refractivity contribution in [3.05, 3.63) is 0 Å². The summed E-state index contributed by atoms with van der Waals surface area (Å²) in [6.07, 6.45) is -0.620. The first-order valence-electron chi connectivity index (χ1n) is 3.65. The summed E-state index contributed by atoms with van der Waals surface area (Å²) >= 11 is 1.58. The zero-order valence-corrected chi connectivity index (χ0v) is 7.90. The van der Waals surface area contributed by atoms with Crippen LogP contribution in [0.15, 0.2) is 0 Å². The summed E-state index contributed by atoms with van der Waals surface area (Å²) in [5.41, 5.74) is 5.47. The molecular formula is C7H17NO2S. The fourth-order valence-corrected chi connectivity index (χ4v) is 1.30. The molecule has 0 aliphatic carbocycles. The molecule has 0 fully saturated rings. The molecule has 0 aromatic heterocycles. The molecule has 0 heterocycles. The van der Waals surface area contributed by atoms with Crippen LogP contribution in [0.3, 0.4) is 0 Å². The van der Waals surface area contributed by atoms with Gasteiger partial charge in [-0.05, 0) is 13.8 Å². The first-order chi connectivity index (χ1) is 5.02. The minimum atomic E-state index is -0.620. The van der Waals surface area contributed by atoms with Crippen LogP contribution < -0.4 is 5.73 Å². The third-order valence-electron chi connectivity index (χ3n) is 1.37. The Morgan fingerprint density at radius 3 is 2.45 bits per heavy atom. The second-order valence-corrected chi connectivity index (χ2v) is 4.84. The van der Waals surface area contributed by atoms with Gasteiger partial charge in [-0.3, -0.25) is 0 Å². The van der Waals surface area contributed by atoms with E-state index in [9.17, 15) is 0 Å². The zero-order valence-electron chi connectivity index (χ0n) is 7.08. The molecule has 0 radical (unpaired) electrons. The van der Waals surface area contributed by atoms with Gasteiger partial charge in [0.15, 0.2) is 0 Å². The maximum Gasteiger partial charge on any atom is 0.0861 e. The number of hydrogen-bond acceptors (Lipinski definition) is 4. The fourth-order valence-electron chi connectivity index (χ4n) is 0.433. The van der Waals surface area contributed by atoms with E-state index < -0.39 is 6.10 Å². The van der Waals surface area contributed by atoms with Crippen molar-refractivity contribution < 1.29 is 10.2 Å². The molecule has 0 bridgehead atoms. The number of hydrogen-bond donors (Lipinski definition) is 3. The number of nitrogens with two attached hydrogens (primary N) is 1. The molecule has 0 amide bonds. The van der Waals surface area contributed by atoms with Crippen LogP contribution in [0.4, 0.5) is 0 Å². The maximum atomic E-state index is 9.01. The standard InChI is InChI=1S/C7H17NO2S/c1-7(2,5-8)11-4-6(10)3-9/h6,9-10H,3-5,8H2,1-2H3. The zero-order chi connectivity index (χ0) is 8.91. The highest BCUT2D eigenvalue weighted by Gasteiger charge is 2.17. The van der Waals surface area contributed by atoms with Gasteiger partial charge in [0.2, 0.25) is 0 Å². The summed E-state index contributed by atoms with van der Waals surface area (Å²) in [6, 6.07) is 0. The Balaban J connectivity index is 3.52. The monoisotopic (exact) mass is 179 g/mol. The Morgan fingerprint density at radius 1 is 1.55 bits per heavy atom. The van der Waals surface area contributed by atoms with E-state index in [1.165, 1.54) is 0 Å². The number of thioether (sulfide) groups is 1. The van der Waals surface area contributed by atoms with Gasteiger partial charge < -0.3 is 15.9 Å². The molecule has 0 aliphatic heterocycles. The van der Waals surface area contributed by atoms with Crippen molar-refractivity contribution in [3.8, 4) is 0 Å². The number of rotatable bonds is 5. The largest absolute Gasteiger partial charge is 0.394 e. The van der Waals surface area contributed by atoms with E-state index in [2.05, 4.69) is 0 Å². The van der Waals surface area contributed by atoms with Gasteiger partial charge in [0.05, 0.1) is 12.7 Å². The molecule has 68 valence electrons. The molecule has 0 aromatic carbocycles. The van der Waals surface area contributed by atoms with E-state index in [0.29, 0.717) is 12.3 Å². The van der Waals surface area contributed by atoms with Gasteiger partial charge in [0, 0.05) is 17.0 Å². The quantitative estimate of drug-likeness (QED) is 0.547. The minimum absolute atomic E-state index is 0.00382. The van der Waals surface area contributed by atoms with Crippen molar-refractivity contribution >= 4 is 11.8 Å². The Labute approximate surface area is 72.0 Å². The molecule has 4 heteroatoms. The van der Waals surface area contributed by atoms with Crippen molar-refractivity contribution in [1.82, 2.24) is 0 Å². The smallest absolute Gasteiger partial charge is 0.0861 e. The molecule has 1 atom stereocenters. The van der Waals surface area contributed by atoms with Crippen LogP contribution in [-0.2, 0) is 0 Å². The number of aliphatic hydroxyl groups is 2. The summed E-state index contributed by atoms with van der Waals surface area (Å²) in [4.78, 5) is 0. The van der Waals surface area contributed by atoms with E-state index >= 15 is 0 Å². The summed E-state index contributed by atoms with van der Waals surface area (Å²) < 4.78 is -0.00382. The van der Waals surface area contributed by atoms with Crippen LogP contribution in [0.25, 0.3) is 0 Å². The van der Waals surface area contributed by atoms with Gasteiger partial charge in [-0.2, -0.15) is 11.8 Å². The van der Waals surface area contributed by atoms with Crippen LogP contribution in [-0.4, -0.2) is 40.0 Å².